The van der Waals surface area contributed by atoms with Gasteiger partial charge in [-0.15, -0.1) is 13.2 Å². The monoisotopic (exact) mass is 304 g/mol. The molecule has 21 heavy (non-hydrogen) atoms. The number of hydrogen-bond donors (Lipinski definition) is 2. The van der Waals surface area contributed by atoms with Gasteiger partial charge in [0.05, 0.1) is 7.11 Å². The number of nitrogens with two attached hydrogens (primary N) is 1. The Bertz CT molecular complexity index is 474. The minimum Gasteiger partial charge on any atom is -0.496 e. The number of rotatable bonds is 4. The van der Waals surface area contributed by atoms with Gasteiger partial charge in [0, 0.05) is 11.6 Å². The van der Waals surface area contributed by atoms with Crippen molar-refractivity contribution in [1.29, 1.82) is 0 Å². The van der Waals surface area contributed by atoms with Crippen LogP contribution in [0.4, 0.5) is 13.2 Å². The molecule has 1 atom stereocenters. The van der Waals surface area contributed by atoms with E-state index in [2.05, 4.69) is 10.1 Å². The van der Waals surface area contributed by atoms with Crippen molar-refractivity contribution in [1.82, 2.24) is 5.32 Å². The molecule has 2 rings (SSSR count). The fourth-order valence-corrected chi connectivity index (χ4v) is 2.63. The molecular formula is C14H19F3N2O2. The average Bonchev–Trinajstić information content (AvgIpc) is 2.45. The van der Waals surface area contributed by atoms with E-state index in [1.165, 1.54) is 25.3 Å². The van der Waals surface area contributed by atoms with Gasteiger partial charge in [0.25, 0.3) is 0 Å². The fourth-order valence-electron chi connectivity index (χ4n) is 2.63. The Hall–Kier alpha value is -1.47. The van der Waals surface area contributed by atoms with E-state index in [1.54, 1.807) is 0 Å². The molecule has 7 heteroatoms. The van der Waals surface area contributed by atoms with Gasteiger partial charge < -0.3 is 20.5 Å². The highest BCUT2D eigenvalue weighted by molar-refractivity contribution is 5.42. The molecule has 0 spiro atoms. The fraction of sp³-hybridized carbons (Fsp3) is 0.571. The van der Waals surface area contributed by atoms with Crippen LogP contribution in [-0.4, -0.2) is 26.6 Å². The molecule has 118 valence electrons. The molecule has 0 aromatic heterocycles. The van der Waals surface area contributed by atoms with Crippen LogP contribution in [0.5, 0.6) is 11.5 Å². The summed E-state index contributed by atoms with van der Waals surface area (Å²) in [6, 6.07) is 3.63. The molecule has 0 saturated carbocycles. The Morgan fingerprint density at radius 1 is 1.29 bits per heavy atom. The van der Waals surface area contributed by atoms with Gasteiger partial charge >= 0.3 is 6.36 Å². The van der Waals surface area contributed by atoms with E-state index >= 15 is 0 Å². The van der Waals surface area contributed by atoms with Gasteiger partial charge in [-0.1, -0.05) is 0 Å². The molecule has 0 unspecified atom stereocenters. The highest BCUT2D eigenvalue weighted by Crippen LogP contribution is 2.36. The van der Waals surface area contributed by atoms with Crippen molar-refractivity contribution in [2.75, 3.05) is 20.2 Å². The van der Waals surface area contributed by atoms with Crippen molar-refractivity contribution in [2.24, 2.45) is 11.7 Å². The maximum Gasteiger partial charge on any atom is 0.573 e. The second-order valence-corrected chi connectivity index (χ2v) is 5.06. The van der Waals surface area contributed by atoms with Crippen LogP contribution in [0.25, 0.3) is 0 Å². The Labute approximate surface area is 121 Å². The van der Waals surface area contributed by atoms with E-state index in [0.717, 1.165) is 25.9 Å². The van der Waals surface area contributed by atoms with E-state index in [9.17, 15) is 13.2 Å². The second-order valence-electron chi connectivity index (χ2n) is 5.06. The maximum absolute atomic E-state index is 12.3. The van der Waals surface area contributed by atoms with Gasteiger partial charge in [0.1, 0.15) is 11.5 Å². The highest BCUT2D eigenvalue weighted by atomic mass is 19.4. The number of hydrogen-bond acceptors (Lipinski definition) is 4. The van der Waals surface area contributed by atoms with Crippen molar-refractivity contribution >= 4 is 0 Å². The van der Waals surface area contributed by atoms with Gasteiger partial charge in [-0.05, 0) is 50.0 Å². The molecule has 1 aromatic carbocycles. The van der Waals surface area contributed by atoms with Crippen LogP contribution in [0.15, 0.2) is 18.2 Å². The van der Waals surface area contributed by atoms with E-state index < -0.39 is 6.36 Å². The molecule has 1 aromatic rings. The van der Waals surface area contributed by atoms with E-state index in [-0.39, 0.29) is 17.7 Å². The van der Waals surface area contributed by atoms with Crippen LogP contribution in [0, 0.1) is 5.92 Å². The van der Waals surface area contributed by atoms with Gasteiger partial charge in [-0.25, -0.2) is 0 Å². The summed E-state index contributed by atoms with van der Waals surface area (Å²) in [5.41, 5.74) is 6.78. The Kier molecular flexibility index (Phi) is 4.95. The normalized spacial score (nSPS) is 18.3. The molecule has 0 aliphatic carbocycles. The molecular weight excluding hydrogens is 285 g/mol. The van der Waals surface area contributed by atoms with Gasteiger partial charge in [-0.2, -0.15) is 0 Å². The predicted octanol–water partition coefficient (Wildman–Crippen LogP) is 2.59. The zero-order valence-corrected chi connectivity index (χ0v) is 11.7. The van der Waals surface area contributed by atoms with E-state index in [4.69, 9.17) is 10.5 Å². The van der Waals surface area contributed by atoms with Gasteiger partial charge in [-0.3, -0.25) is 0 Å². The number of alkyl halides is 3. The topological polar surface area (TPSA) is 56.5 Å². The number of piperidine rings is 1. The lowest BCUT2D eigenvalue weighted by Gasteiger charge is -2.29. The van der Waals surface area contributed by atoms with Crippen LogP contribution in [-0.2, 0) is 0 Å². The summed E-state index contributed by atoms with van der Waals surface area (Å²) < 4.78 is 46.1. The number of ether oxygens (including phenoxy) is 2. The van der Waals surface area contributed by atoms with Crippen LogP contribution >= 0.6 is 0 Å². The van der Waals surface area contributed by atoms with E-state index in [1.807, 2.05) is 0 Å². The largest absolute Gasteiger partial charge is 0.573 e. The summed E-state index contributed by atoms with van der Waals surface area (Å²) >= 11 is 0. The van der Waals surface area contributed by atoms with Gasteiger partial charge in [0.2, 0.25) is 0 Å². The second kappa shape index (κ2) is 6.53. The molecule has 3 N–H and O–H groups in total. The van der Waals surface area contributed by atoms with Crippen LogP contribution in [0.1, 0.15) is 24.4 Å². The van der Waals surface area contributed by atoms with Crippen molar-refractivity contribution in [3.63, 3.8) is 0 Å². The molecule has 1 saturated heterocycles. The average molecular weight is 304 g/mol. The van der Waals surface area contributed by atoms with Crippen molar-refractivity contribution in [2.45, 2.75) is 25.2 Å². The third-order valence-electron chi connectivity index (χ3n) is 3.69. The lowest BCUT2D eigenvalue weighted by atomic mass is 9.86. The summed E-state index contributed by atoms with van der Waals surface area (Å²) in [7, 11) is 1.47. The molecule has 1 fully saturated rings. The van der Waals surface area contributed by atoms with Crippen LogP contribution in [0.3, 0.4) is 0 Å². The number of benzene rings is 1. The smallest absolute Gasteiger partial charge is 0.496 e. The lowest BCUT2D eigenvalue weighted by molar-refractivity contribution is -0.274. The first kappa shape index (κ1) is 15.9. The molecule has 1 heterocycles. The van der Waals surface area contributed by atoms with Gasteiger partial charge in [0.15, 0.2) is 0 Å². The molecule has 1 aliphatic heterocycles. The zero-order valence-electron chi connectivity index (χ0n) is 11.7. The summed E-state index contributed by atoms with van der Waals surface area (Å²) in [6.07, 6.45) is -2.95. The molecule has 1 aliphatic rings. The quantitative estimate of drug-likeness (QED) is 0.898. The van der Waals surface area contributed by atoms with Crippen molar-refractivity contribution in [3.8, 4) is 11.5 Å². The summed E-state index contributed by atoms with van der Waals surface area (Å²) in [4.78, 5) is 0. The Morgan fingerprint density at radius 3 is 2.52 bits per heavy atom. The van der Waals surface area contributed by atoms with Crippen molar-refractivity contribution < 1.29 is 22.6 Å². The number of halogens is 3. The van der Waals surface area contributed by atoms with Crippen molar-refractivity contribution in [3.05, 3.63) is 23.8 Å². The third kappa shape index (κ3) is 4.25. The van der Waals surface area contributed by atoms with Crippen LogP contribution in [0.2, 0.25) is 0 Å². The minimum absolute atomic E-state index is 0.210. The third-order valence-corrected chi connectivity index (χ3v) is 3.69. The SMILES string of the molecule is COc1ccc(OC(F)(F)F)cc1[C@H](N)C1CCNCC1. The molecule has 0 radical (unpaired) electrons. The number of nitrogens with one attached hydrogen (secondary N) is 1. The lowest BCUT2D eigenvalue weighted by Crippen LogP contribution is -2.34. The Morgan fingerprint density at radius 2 is 1.95 bits per heavy atom. The minimum atomic E-state index is -4.72. The molecule has 0 bridgehead atoms. The van der Waals surface area contributed by atoms with Crippen LogP contribution < -0.4 is 20.5 Å². The first-order valence-corrected chi connectivity index (χ1v) is 6.80. The summed E-state index contributed by atoms with van der Waals surface area (Å²) in [6.45, 7) is 1.72. The first-order valence-electron chi connectivity index (χ1n) is 6.80. The Balaban J connectivity index is 2.24. The highest BCUT2D eigenvalue weighted by Gasteiger charge is 2.32. The molecule has 4 nitrogen and oxygen atoms in total. The predicted molar refractivity (Wildman–Crippen MR) is 72.2 cm³/mol. The summed E-state index contributed by atoms with van der Waals surface area (Å²) in [5, 5.41) is 3.23. The maximum atomic E-state index is 12.3. The first-order chi connectivity index (χ1) is 9.90. The zero-order chi connectivity index (χ0) is 15.5. The van der Waals surface area contributed by atoms with E-state index in [0.29, 0.717) is 11.3 Å². The summed E-state index contributed by atoms with van der Waals surface area (Å²) in [5.74, 6) is 0.416. The number of methoxy groups -OCH3 is 1. The standard InChI is InChI=1S/C14H19F3N2O2/c1-20-12-3-2-10(21-14(15,16)17)8-11(12)13(18)9-4-6-19-7-5-9/h2-3,8-9,13,19H,4-7,18H2,1H3/t13-/m1/s1. The molecule has 0 amide bonds.